The van der Waals surface area contributed by atoms with E-state index in [4.69, 9.17) is 0 Å². The summed E-state index contributed by atoms with van der Waals surface area (Å²) < 4.78 is 2.65. The van der Waals surface area contributed by atoms with Gasteiger partial charge in [-0.2, -0.15) is 0 Å². The Hall–Kier alpha value is -1.29. The molecular formula is C12H13BrN2O. The molecule has 84 valence electrons. The first-order chi connectivity index (χ1) is 7.65. The van der Waals surface area contributed by atoms with Crippen LogP contribution in [0.25, 0.3) is 10.9 Å². The normalized spacial score (nSPS) is 10.7. The molecule has 0 saturated heterocycles. The molecule has 3 nitrogen and oxygen atoms in total. The van der Waals surface area contributed by atoms with Crippen LogP contribution in [0.4, 0.5) is 5.69 Å². The highest BCUT2D eigenvalue weighted by molar-refractivity contribution is 9.10. The smallest absolute Gasteiger partial charge is 0.250 e. The van der Waals surface area contributed by atoms with E-state index in [0.717, 1.165) is 27.6 Å². The maximum absolute atomic E-state index is 11.5. The van der Waals surface area contributed by atoms with Crippen molar-refractivity contribution in [1.29, 1.82) is 0 Å². The van der Waals surface area contributed by atoms with Crippen LogP contribution < -0.4 is 10.9 Å². The number of hydrogen-bond acceptors (Lipinski definition) is 2. The molecule has 0 spiro atoms. The number of nitrogens with zero attached hydrogens (tertiary/aromatic N) is 1. The van der Waals surface area contributed by atoms with E-state index in [-0.39, 0.29) is 5.56 Å². The quantitative estimate of drug-likeness (QED) is 0.918. The van der Waals surface area contributed by atoms with E-state index in [1.165, 1.54) is 0 Å². The summed E-state index contributed by atoms with van der Waals surface area (Å²) in [6.45, 7) is 2.92. The summed E-state index contributed by atoms with van der Waals surface area (Å²) in [5.74, 6) is 0. The maximum atomic E-state index is 11.5. The highest BCUT2D eigenvalue weighted by Gasteiger charge is 2.06. The second-order valence-corrected chi connectivity index (χ2v) is 4.41. The van der Waals surface area contributed by atoms with Gasteiger partial charge < -0.3 is 9.88 Å². The van der Waals surface area contributed by atoms with Gasteiger partial charge in [-0.05, 0) is 41.1 Å². The van der Waals surface area contributed by atoms with Gasteiger partial charge in [-0.15, -0.1) is 0 Å². The number of aromatic nitrogens is 1. The van der Waals surface area contributed by atoms with Gasteiger partial charge in [0.1, 0.15) is 0 Å². The lowest BCUT2D eigenvalue weighted by molar-refractivity contribution is 0.906. The van der Waals surface area contributed by atoms with E-state index >= 15 is 0 Å². The van der Waals surface area contributed by atoms with Gasteiger partial charge in [-0.1, -0.05) is 0 Å². The number of hydrogen-bond donors (Lipinski definition) is 1. The molecule has 0 saturated carbocycles. The highest BCUT2D eigenvalue weighted by atomic mass is 79.9. The molecule has 1 aromatic carbocycles. The first-order valence-corrected chi connectivity index (χ1v) is 5.96. The largest absolute Gasteiger partial charge is 0.384 e. The first kappa shape index (κ1) is 11.2. The fourth-order valence-electron chi connectivity index (χ4n) is 1.75. The maximum Gasteiger partial charge on any atom is 0.250 e. The topological polar surface area (TPSA) is 34.0 Å². The van der Waals surface area contributed by atoms with Crippen molar-refractivity contribution < 1.29 is 0 Å². The zero-order valence-electron chi connectivity index (χ0n) is 9.25. The van der Waals surface area contributed by atoms with Gasteiger partial charge in [-0.25, -0.2) is 0 Å². The van der Waals surface area contributed by atoms with Gasteiger partial charge in [0.25, 0.3) is 5.56 Å². The molecule has 0 bridgehead atoms. The van der Waals surface area contributed by atoms with Gasteiger partial charge in [0.05, 0.1) is 5.52 Å². The third-order valence-electron chi connectivity index (χ3n) is 2.61. The molecule has 2 rings (SSSR count). The Morgan fingerprint density at radius 3 is 2.75 bits per heavy atom. The number of fused-ring (bicyclic) bond motifs is 1. The summed E-state index contributed by atoms with van der Waals surface area (Å²) in [5.41, 5.74) is 1.99. The van der Waals surface area contributed by atoms with Gasteiger partial charge in [-0.3, -0.25) is 4.79 Å². The lowest BCUT2D eigenvalue weighted by Gasteiger charge is -2.11. The fraction of sp³-hybridized carbons (Fsp3) is 0.250. The number of nitrogens with one attached hydrogen (secondary N) is 1. The molecule has 0 radical (unpaired) electrons. The predicted molar refractivity (Wildman–Crippen MR) is 71.1 cm³/mol. The van der Waals surface area contributed by atoms with Crippen LogP contribution in [0.3, 0.4) is 0 Å². The van der Waals surface area contributed by atoms with Crippen LogP contribution in [-0.2, 0) is 7.05 Å². The van der Waals surface area contributed by atoms with Crippen LogP contribution in [0.1, 0.15) is 6.92 Å². The van der Waals surface area contributed by atoms with Crippen molar-refractivity contribution in [1.82, 2.24) is 4.57 Å². The number of halogens is 1. The van der Waals surface area contributed by atoms with Gasteiger partial charge in [0.15, 0.2) is 0 Å². The van der Waals surface area contributed by atoms with Gasteiger partial charge in [0.2, 0.25) is 0 Å². The Morgan fingerprint density at radius 1 is 1.31 bits per heavy atom. The van der Waals surface area contributed by atoms with E-state index in [2.05, 4.69) is 28.2 Å². The Morgan fingerprint density at radius 2 is 2.06 bits per heavy atom. The van der Waals surface area contributed by atoms with Crippen LogP contribution >= 0.6 is 15.9 Å². The Labute approximate surface area is 102 Å². The fourth-order valence-corrected chi connectivity index (χ4v) is 2.35. The predicted octanol–water partition coefficient (Wildman–Crippen LogP) is 2.73. The molecule has 0 aliphatic carbocycles. The third-order valence-corrected chi connectivity index (χ3v) is 3.46. The summed E-state index contributed by atoms with van der Waals surface area (Å²) in [6, 6.07) is 7.38. The summed E-state index contributed by atoms with van der Waals surface area (Å²) in [5, 5.41) is 4.31. The third kappa shape index (κ3) is 1.73. The summed E-state index contributed by atoms with van der Waals surface area (Å²) in [6.07, 6.45) is 0. The minimum Gasteiger partial charge on any atom is -0.384 e. The van der Waals surface area contributed by atoms with Crippen molar-refractivity contribution in [3.05, 3.63) is 39.1 Å². The number of benzene rings is 1. The minimum absolute atomic E-state index is 0.00982. The molecule has 4 heteroatoms. The zero-order chi connectivity index (χ0) is 11.7. The number of pyridine rings is 1. The van der Waals surface area contributed by atoms with E-state index in [1.807, 2.05) is 18.2 Å². The standard InChI is InChI=1S/C12H13BrN2O/c1-3-14-9-5-6-10-8(12(9)13)4-7-11(16)15(10)2/h4-7,14H,3H2,1-2H3. The van der Waals surface area contributed by atoms with Crippen LogP contribution in [0, 0.1) is 0 Å². The van der Waals surface area contributed by atoms with Crippen molar-refractivity contribution >= 4 is 32.5 Å². The van der Waals surface area contributed by atoms with E-state index in [0.29, 0.717) is 0 Å². The minimum atomic E-state index is 0.00982. The zero-order valence-corrected chi connectivity index (χ0v) is 10.8. The number of aryl methyl sites for hydroxylation is 1. The summed E-state index contributed by atoms with van der Waals surface area (Å²) >= 11 is 3.56. The first-order valence-electron chi connectivity index (χ1n) is 5.17. The van der Waals surface area contributed by atoms with Crippen molar-refractivity contribution in [3.63, 3.8) is 0 Å². The SMILES string of the molecule is CCNc1ccc2c(ccc(=O)n2C)c1Br. The second-order valence-electron chi connectivity index (χ2n) is 3.62. The monoisotopic (exact) mass is 280 g/mol. The molecule has 0 unspecified atom stereocenters. The van der Waals surface area contributed by atoms with Crippen LogP contribution in [-0.4, -0.2) is 11.1 Å². The lowest BCUT2D eigenvalue weighted by Crippen LogP contribution is -2.15. The van der Waals surface area contributed by atoms with E-state index in [1.54, 1.807) is 17.7 Å². The molecule has 16 heavy (non-hydrogen) atoms. The molecule has 1 aromatic heterocycles. The Kier molecular flexibility index (Phi) is 3.01. The molecule has 0 aliphatic heterocycles. The highest BCUT2D eigenvalue weighted by Crippen LogP contribution is 2.30. The van der Waals surface area contributed by atoms with Crippen LogP contribution in [0.2, 0.25) is 0 Å². The summed E-state index contributed by atoms with van der Waals surface area (Å²) in [4.78, 5) is 11.5. The summed E-state index contributed by atoms with van der Waals surface area (Å²) in [7, 11) is 1.78. The van der Waals surface area contributed by atoms with E-state index < -0.39 is 0 Å². The van der Waals surface area contributed by atoms with Crippen molar-refractivity contribution in [3.8, 4) is 0 Å². The van der Waals surface area contributed by atoms with Gasteiger partial charge in [0, 0.05) is 35.2 Å². The number of anilines is 1. The molecule has 0 amide bonds. The molecular weight excluding hydrogens is 268 g/mol. The Bertz CT molecular complexity index is 589. The average Bonchev–Trinajstić information content (AvgIpc) is 2.28. The van der Waals surface area contributed by atoms with Crippen LogP contribution in [0.15, 0.2) is 33.5 Å². The number of rotatable bonds is 2. The molecule has 2 aromatic rings. The van der Waals surface area contributed by atoms with Crippen LogP contribution in [0.5, 0.6) is 0 Å². The second kappa shape index (κ2) is 4.29. The van der Waals surface area contributed by atoms with Crippen molar-refractivity contribution in [2.24, 2.45) is 7.05 Å². The molecule has 1 N–H and O–H groups in total. The molecule has 0 fully saturated rings. The van der Waals surface area contributed by atoms with E-state index in [9.17, 15) is 4.79 Å². The molecule has 0 aliphatic rings. The molecule has 0 atom stereocenters. The lowest BCUT2D eigenvalue weighted by atomic mass is 10.2. The van der Waals surface area contributed by atoms with Gasteiger partial charge >= 0.3 is 0 Å². The van der Waals surface area contributed by atoms with Crippen molar-refractivity contribution in [2.75, 3.05) is 11.9 Å². The average molecular weight is 281 g/mol. The van der Waals surface area contributed by atoms with Crippen molar-refractivity contribution in [2.45, 2.75) is 6.92 Å². The Balaban J connectivity index is 2.76. The molecule has 1 heterocycles.